The van der Waals surface area contributed by atoms with Gasteiger partial charge in [0.2, 0.25) is 10.0 Å². The largest absolute Gasteiger partial charge is 0.326 e. The monoisotopic (exact) mass is 330 g/mol. The van der Waals surface area contributed by atoms with Crippen LogP contribution in [0.15, 0.2) is 23.1 Å². The number of benzene rings is 1. The molecule has 0 radical (unpaired) electrons. The molecule has 120 valence electrons. The van der Waals surface area contributed by atoms with Crippen molar-refractivity contribution in [1.29, 1.82) is 0 Å². The summed E-state index contributed by atoms with van der Waals surface area (Å²) in [7, 11) is -3.42. The Hall–Kier alpha value is -0.560. The fourth-order valence-electron chi connectivity index (χ4n) is 2.14. The molecular formula is C15H26N2O2S2. The van der Waals surface area contributed by atoms with Gasteiger partial charge in [0.1, 0.15) is 0 Å². The van der Waals surface area contributed by atoms with Crippen LogP contribution in [0.4, 0.5) is 0 Å². The maximum atomic E-state index is 12.2. The number of aryl methyl sites for hydroxylation is 1. The Bertz CT molecular complexity index is 530. The third-order valence-corrected chi connectivity index (χ3v) is 5.56. The summed E-state index contributed by atoms with van der Waals surface area (Å²) in [4.78, 5) is 0.310. The zero-order valence-corrected chi connectivity index (χ0v) is 14.5. The maximum Gasteiger partial charge on any atom is 0.240 e. The normalized spacial score (nSPS) is 11.8. The van der Waals surface area contributed by atoms with Gasteiger partial charge in [-0.15, -0.1) is 0 Å². The second kappa shape index (κ2) is 9.46. The minimum Gasteiger partial charge on any atom is -0.326 e. The van der Waals surface area contributed by atoms with Crippen molar-refractivity contribution in [2.45, 2.75) is 44.0 Å². The van der Waals surface area contributed by atoms with E-state index in [9.17, 15) is 8.42 Å². The first-order valence-electron chi connectivity index (χ1n) is 7.35. The van der Waals surface area contributed by atoms with Crippen LogP contribution in [0.25, 0.3) is 0 Å². The molecular weight excluding hydrogens is 304 g/mol. The van der Waals surface area contributed by atoms with Crippen LogP contribution in [0.5, 0.6) is 0 Å². The summed E-state index contributed by atoms with van der Waals surface area (Å²) in [5.41, 5.74) is 7.70. The molecule has 0 saturated carbocycles. The van der Waals surface area contributed by atoms with Gasteiger partial charge in [0.15, 0.2) is 0 Å². The fourth-order valence-corrected chi connectivity index (χ4v) is 3.76. The Kier molecular flexibility index (Phi) is 8.33. The molecule has 0 saturated heterocycles. The Labute approximate surface area is 132 Å². The van der Waals surface area contributed by atoms with Crippen LogP contribution in [-0.4, -0.2) is 27.0 Å². The first-order valence-corrected chi connectivity index (χ1v) is 10.2. The van der Waals surface area contributed by atoms with Gasteiger partial charge in [-0.2, -0.15) is 11.8 Å². The van der Waals surface area contributed by atoms with E-state index in [4.69, 9.17) is 5.73 Å². The van der Waals surface area contributed by atoms with Crippen LogP contribution in [0, 0.1) is 0 Å². The number of nitrogens with two attached hydrogens (primary N) is 1. The molecule has 4 nitrogen and oxygen atoms in total. The molecule has 1 aromatic carbocycles. The van der Waals surface area contributed by atoms with E-state index in [1.54, 1.807) is 12.1 Å². The first kappa shape index (κ1) is 18.5. The molecule has 21 heavy (non-hydrogen) atoms. The van der Waals surface area contributed by atoms with Gasteiger partial charge in [0.25, 0.3) is 0 Å². The van der Waals surface area contributed by atoms with Crippen LogP contribution in [-0.2, 0) is 23.0 Å². The molecule has 0 aromatic heterocycles. The van der Waals surface area contributed by atoms with E-state index >= 15 is 0 Å². The maximum absolute atomic E-state index is 12.2. The summed E-state index contributed by atoms with van der Waals surface area (Å²) in [6.07, 6.45) is 5.99. The van der Waals surface area contributed by atoms with Gasteiger partial charge in [-0.3, -0.25) is 0 Å². The Morgan fingerprint density at radius 1 is 1.19 bits per heavy atom. The Balaban J connectivity index is 2.62. The zero-order chi connectivity index (χ0) is 15.7. The van der Waals surface area contributed by atoms with E-state index in [0.29, 0.717) is 18.0 Å². The van der Waals surface area contributed by atoms with Crippen molar-refractivity contribution in [3.05, 3.63) is 29.3 Å². The standard InChI is InChI=1S/C15H26N2O2S2/c1-3-13-7-8-15(11-14(13)12-16)21(18,19)17-9-5-4-6-10-20-2/h7-8,11,17H,3-6,9-10,12,16H2,1-2H3. The van der Waals surface area contributed by atoms with Crippen LogP contribution in [0.3, 0.4) is 0 Å². The van der Waals surface area contributed by atoms with E-state index in [0.717, 1.165) is 42.6 Å². The minimum atomic E-state index is -3.42. The molecule has 0 amide bonds. The highest BCUT2D eigenvalue weighted by atomic mass is 32.2. The summed E-state index contributed by atoms with van der Waals surface area (Å²) in [6.45, 7) is 2.89. The Morgan fingerprint density at radius 3 is 2.57 bits per heavy atom. The number of hydrogen-bond donors (Lipinski definition) is 2. The molecule has 0 bridgehead atoms. The van der Waals surface area contributed by atoms with Crippen molar-refractivity contribution in [2.75, 3.05) is 18.6 Å². The highest BCUT2D eigenvalue weighted by molar-refractivity contribution is 7.98. The Morgan fingerprint density at radius 2 is 1.95 bits per heavy atom. The lowest BCUT2D eigenvalue weighted by molar-refractivity contribution is 0.576. The molecule has 0 aliphatic rings. The van der Waals surface area contributed by atoms with Crippen molar-refractivity contribution in [2.24, 2.45) is 5.73 Å². The first-order chi connectivity index (χ1) is 10.0. The summed E-state index contributed by atoms with van der Waals surface area (Å²) in [5, 5.41) is 0. The van der Waals surface area contributed by atoms with Crippen LogP contribution in [0.1, 0.15) is 37.3 Å². The van der Waals surface area contributed by atoms with E-state index in [-0.39, 0.29) is 0 Å². The molecule has 0 spiro atoms. The predicted molar refractivity (Wildman–Crippen MR) is 91.1 cm³/mol. The zero-order valence-electron chi connectivity index (χ0n) is 12.9. The van der Waals surface area contributed by atoms with Crippen LogP contribution < -0.4 is 10.5 Å². The van der Waals surface area contributed by atoms with Crippen molar-refractivity contribution < 1.29 is 8.42 Å². The van der Waals surface area contributed by atoms with E-state index in [2.05, 4.69) is 11.0 Å². The SMILES string of the molecule is CCc1ccc(S(=O)(=O)NCCCCCSC)cc1CN. The van der Waals surface area contributed by atoms with Crippen molar-refractivity contribution in [3.63, 3.8) is 0 Å². The average molecular weight is 331 g/mol. The predicted octanol–water partition coefficient (Wildman–Crippen LogP) is 2.52. The molecule has 0 unspecified atom stereocenters. The van der Waals surface area contributed by atoms with Crippen LogP contribution in [0.2, 0.25) is 0 Å². The van der Waals surface area contributed by atoms with Gasteiger partial charge >= 0.3 is 0 Å². The molecule has 0 heterocycles. The molecule has 0 aliphatic heterocycles. The van der Waals surface area contributed by atoms with E-state index in [1.165, 1.54) is 0 Å². The average Bonchev–Trinajstić information content (AvgIpc) is 2.49. The lowest BCUT2D eigenvalue weighted by atomic mass is 10.1. The second-order valence-corrected chi connectivity index (χ2v) is 7.69. The number of nitrogens with one attached hydrogen (secondary N) is 1. The number of unbranched alkanes of at least 4 members (excludes halogenated alkanes) is 2. The van der Waals surface area contributed by atoms with Gasteiger partial charge in [0.05, 0.1) is 4.90 Å². The number of rotatable bonds is 10. The van der Waals surface area contributed by atoms with Gasteiger partial charge in [0, 0.05) is 13.1 Å². The number of thioether (sulfide) groups is 1. The summed E-state index contributed by atoms with van der Waals surface area (Å²) >= 11 is 1.82. The number of sulfonamides is 1. The van der Waals surface area contributed by atoms with Crippen molar-refractivity contribution in [1.82, 2.24) is 4.72 Å². The summed E-state index contributed by atoms with van der Waals surface area (Å²) in [6, 6.07) is 5.21. The van der Waals surface area contributed by atoms with Crippen molar-refractivity contribution in [3.8, 4) is 0 Å². The summed E-state index contributed by atoms with van der Waals surface area (Å²) in [5.74, 6) is 1.13. The third kappa shape index (κ3) is 5.98. The quantitative estimate of drug-likeness (QED) is 0.647. The fraction of sp³-hybridized carbons (Fsp3) is 0.600. The highest BCUT2D eigenvalue weighted by Gasteiger charge is 2.14. The second-order valence-electron chi connectivity index (χ2n) is 4.94. The van der Waals surface area contributed by atoms with Gasteiger partial charge in [-0.25, -0.2) is 13.1 Å². The molecule has 0 fully saturated rings. The van der Waals surface area contributed by atoms with E-state index < -0.39 is 10.0 Å². The van der Waals surface area contributed by atoms with E-state index in [1.807, 2.05) is 24.8 Å². The molecule has 1 aromatic rings. The molecule has 6 heteroatoms. The lowest BCUT2D eigenvalue weighted by Crippen LogP contribution is -2.25. The van der Waals surface area contributed by atoms with Gasteiger partial charge in [-0.1, -0.05) is 19.4 Å². The summed E-state index contributed by atoms with van der Waals surface area (Å²) < 4.78 is 27.1. The highest BCUT2D eigenvalue weighted by Crippen LogP contribution is 2.16. The molecule has 0 atom stereocenters. The smallest absolute Gasteiger partial charge is 0.240 e. The van der Waals surface area contributed by atoms with Gasteiger partial charge in [-0.05, 0) is 54.5 Å². The van der Waals surface area contributed by atoms with Gasteiger partial charge < -0.3 is 5.73 Å². The molecule has 3 N–H and O–H groups in total. The molecule has 1 rings (SSSR count). The van der Waals surface area contributed by atoms with Crippen LogP contribution >= 0.6 is 11.8 Å². The lowest BCUT2D eigenvalue weighted by Gasteiger charge is -2.10. The topological polar surface area (TPSA) is 72.2 Å². The number of hydrogen-bond acceptors (Lipinski definition) is 4. The molecule has 0 aliphatic carbocycles. The third-order valence-electron chi connectivity index (χ3n) is 3.41. The van der Waals surface area contributed by atoms with Crippen molar-refractivity contribution >= 4 is 21.8 Å². The minimum absolute atomic E-state index is 0.310.